The van der Waals surface area contributed by atoms with E-state index in [4.69, 9.17) is 9.15 Å². The van der Waals surface area contributed by atoms with Gasteiger partial charge in [0.25, 0.3) is 0 Å². The zero-order valence-electron chi connectivity index (χ0n) is 18.5. The number of hydrogen-bond donors (Lipinski definition) is 1. The van der Waals surface area contributed by atoms with Crippen LogP contribution in [0.5, 0.6) is 5.75 Å². The maximum Gasteiger partial charge on any atom is 0.240 e. The molecule has 1 aromatic heterocycles. The van der Waals surface area contributed by atoms with E-state index in [9.17, 15) is 12.8 Å². The Balaban J connectivity index is 1.42. The lowest BCUT2D eigenvalue weighted by Crippen LogP contribution is -2.49. The summed E-state index contributed by atoms with van der Waals surface area (Å²) in [5, 5.41) is 0. The average molecular weight is 474 g/mol. The lowest BCUT2D eigenvalue weighted by atomic mass is 10.1. The molecule has 0 aliphatic carbocycles. The number of sulfonamides is 1. The number of hydrogen-bond acceptors (Lipinski definition) is 6. The van der Waals surface area contributed by atoms with Crippen LogP contribution in [0, 0.1) is 5.82 Å². The molecule has 2 aromatic carbocycles. The second-order valence-corrected chi connectivity index (χ2v) is 9.55. The van der Waals surface area contributed by atoms with E-state index < -0.39 is 10.0 Å². The van der Waals surface area contributed by atoms with Crippen molar-refractivity contribution < 1.29 is 22.0 Å². The number of piperazine rings is 1. The lowest BCUT2D eigenvalue weighted by molar-refractivity contribution is 0.166. The van der Waals surface area contributed by atoms with Gasteiger partial charge in [-0.1, -0.05) is 0 Å². The largest absolute Gasteiger partial charge is 0.494 e. The third-order valence-corrected chi connectivity index (χ3v) is 7.17. The average Bonchev–Trinajstić information content (AvgIpc) is 3.35. The molecule has 1 unspecified atom stereocenters. The Bertz CT molecular complexity index is 1110. The predicted octanol–water partition coefficient (Wildman–Crippen LogP) is 3.66. The zero-order chi connectivity index (χ0) is 23.3. The van der Waals surface area contributed by atoms with Crippen molar-refractivity contribution in [2.45, 2.75) is 17.9 Å². The molecule has 0 saturated carbocycles. The van der Waals surface area contributed by atoms with Gasteiger partial charge in [0.1, 0.15) is 17.3 Å². The first-order valence-corrected chi connectivity index (χ1v) is 12.4. The van der Waals surface area contributed by atoms with Gasteiger partial charge in [-0.25, -0.2) is 17.5 Å². The molecule has 0 radical (unpaired) electrons. The second-order valence-electron chi connectivity index (χ2n) is 7.79. The zero-order valence-corrected chi connectivity index (χ0v) is 19.3. The van der Waals surface area contributed by atoms with E-state index in [-0.39, 0.29) is 23.3 Å². The molecule has 0 spiro atoms. The van der Waals surface area contributed by atoms with Gasteiger partial charge in [-0.2, -0.15) is 0 Å². The van der Waals surface area contributed by atoms with Crippen molar-refractivity contribution in [2.24, 2.45) is 0 Å². The van der Waals surface area contributed by atoms with Gasteiger partial charge in [0, 0.05) is 38.4 Å². The number of benzene rings is 2. The molecule has 0 amide bonds. The minimum absolute atomic E-state index is 0.180. The smallest absolute Gasteiger partial charge is 0.240 e. The monoisotopic (exact) mass is 473 g/mol. The number of furan rings is 1. The maximum atomic E-state index is 13.2. The van der Waals surface area contributed by atoms with Crippen LogP contribution < -0.4 is 14.4 Å². The van der Waals surface area contributed by atoms with Crippen molar-refractivity contribution in [2.75, 3.05) is 44.2 Å². The lowest BCUT2D eigenvalue weighted by Gasteiger charge is -2.39. The van der Waals surface area contributed by atoms with E-state index in [0.717, 1.165) is 18.8 Å². The molecule has 2 heterocycles. The van der Waals surface area contributed by atoms with Crippen molar-refractivity contribution in [3.05, 3.63) is 78.5 Å². The van der Waals surface area contributed by atoms with Crippen LogP contribution in [-0.4, -0.2) is 52.6 Å². The first-order valence-electron chi connectivity index (χ1n) is 11.0. The molecule has 9 heteroatoms. The van der Waals surface area contributed by atoms with Crippen LogP contribution in [0.2, 0.25) is 0 Å². The van der Waals surface area contributed by atoms with Gasteiger partial charge >= 0.3 is 0 Å². The number of nitrogens with zero attached hydrogens (tertiary/aromatic N) is 2. The number of anilines is 1. The molecular weight excluding hydrogens is 445 g/mol. The summed E-state index contributed by atoms with van der Waals surface area (Å²) in [7, 11) is -3.69. The SMILES string of the molecule is CCOc1ccc(S(=O)(=O)NCC(c2ccco2)N2CCN(c3ccc(F)cc3)CC2)cc1. The van der Waals surface area contributed by atoms with Gasteiger partial charge in [0.15, 0.2) is 0 Å². The van der Waals surface area contributed by atoms with Crippen molar-refractivity contribution in [3.8, 4) is 5.75 Å². The fourth-order valence-corrected chi connectivity index (χ4v) is 5.03. The predicted molar refractivity (Wildman–Crippen MR) is 124 cm³/mol. The van der Waals surface area contributed by atoms with Gasteiger partial charge < -0.3 is 14.1 Å². The fraction of sp³-hybridized carbons (Fsp3) is 0.333. The molecule has 1 N–H and O–H groups in total. The highest BCUT2D eigenvalue weighted by molar-refractivity contribution is 7.89. The standard InChI is InChI=1S/C24H28FN3O4S/c1-2-31-21-9-11-22(12-10-21)33(29,30)26-18-23(24-4-3-17-32-24)28-15-13-27(14-16-28)20-7-5-19(25)6-8-20/h3-12,17,23,26H,2,13-16,18H2,1H3. The molecule has 3 aromatic rings. The van der Waals surface area contributed by atoms with Gasteiger partial charge in [0.2, 0.25) is 10.0 Å². The molecule has 176 valence electrons. The molecule has 1 saturated heterocycles. The minimum atomic E-state index is -3.69. The number of halogens is 1. The highest BCUT2D eigenvalue weighted by atomic mass is 32.2. The van der Waals surface area contributed by atoms with E-state index in [1.807, 2.05) is 13.0 Å². The molecule has 1 aliphatic heterocycles. The van der Waals surface area contributed by atoms with Gasteiger partial charge in [-0.15, -0.1) is 0 Å². The topological polar surface area (TPSA) is 75.0 Å². The quantitative estimate of drug-likeness (QED) is 0.511. The van der Waals surface area contributed by atoms with Crippen LogP contribution in [0.3, 0.4) is 0 Å². The Morgan fingerprint density at radius 2 is 1.73 bits per heavy atom. The van der Waals surface area contributed by atoms with Crippen LogP contribution in [-0.2, 0) is 10.0 Å². The highest BCUT2D eigenvalue weighted by Gasteiger charge is 2.28. The Morgan fingerprint density at radius 3 is 2.33 bits per heavy atom. The molecule has 0 bridgehead atoms. The normalized spacial score (nSPS) is 16.0. The molecular formula is C24H28FN3O4S. The van der Waals surface area contributed by atoms with E-state index in [0.29, 0.717) is 31.2 Å². The minimum Gasteiger partial charge on any atom is -0.494 e. The molecule has 33 heavy (non-hydrogen) atoms. The summed E-state index contributed by atoms with van der Waals surface area (Å²) < 4.78 is 52.8. The van der Waals surface area contributed by atoms with Crippen LogP contribution in [0.1, 0.15) is 18.7 Å². The number of nitrogens with one attached hydrogen (secondary N) is 1. The Morgan fingerprint density at radius 1 is 1.03 bits per heavy atom. The highest BCUT2D eigenvalue weighted by Crippen LogP contribution is 2.25. The molecule has 1 fully saturated rings. The first kappa shape index (κ1) is 23.3. The fourth-order valence-electron chi connectivity index (χ4n) is 3.99. The summed E-state index contributed by atoms with van der Waals surface area (Å²) in [6.45, 7) is 5.49. The third-order valence-electron chi connectivity index (χ3n) is 5.73. The summed E-state index contributed by atoms with van der Waals surface area (Å²) in [5.41, 5.74) is 0.974. The van der Waals surface area contributed by atoms with Crippen molar-refractivity contribution in [3.63, 3.8) is 0 Å². The molecule has 1 aliphatic rings. The van der Waals surface area contributed by atoms with Gasteiger partial charge in [-0.05, 0) is 67.6 Å². The summed E-state index contributed by atoms with van der Waals surface area (Å²) >= 11 is 0. The molecule has 7 nitrogen and oxygen atoms in total. The van der Waals surface area contributed by atoms with Crippen molar-refractivity contribution in [1.82, 2.24) is 9.62 Å². The Kier molecular flexibility index (Phi) is 7.32. The van der Waals surface area contributed by atoms with E-state index >= 15 is 0 Å². The van der Waals surface area contributed by atoms with E-state index in [1.54, 1.807) is 36.6 Å². The second kappa shape index (κ2) is 10.4. The van der Waals surface area contributed by atoms with E-state index in [1.165, 1.54) is 24.3 Å². The molecule has 4 rings (SSSR count). The summed E-state index contributed by atoms with van der Waals surface area (Å²) in [6, 6.07) is 16.3. The first-order chi connectivity index (χ1) is 16.0. The number of rotatable bonds is 9. The van der Waals surface area contributed by atoms with Crippen molar-refractivity contribution in [1.29, 1.82) is 0 Å². The Labute approximate surface area is 193 Å². The van der Waals surface area contributed by atoms with Crippen molar-refractivity contribution >= 4 is 15.7 Å². The van der Waals surface area contributed by atoms with Crippen LogP contribution in [0.4, 0.5) is 10.1 Å². The van der Waals surface area contributed by atoms with Crippen LogP contribution in [0.25, 0.3) is 0 Å². The van der Waals surface area contributed by atoms with Gasteiger partial charge in [0.05, 0.1) is 23.8 Å². The summed E-state index contributed by atoms with van der Waals surface area (Å²) in [6.07, 6.45) is 1.60. The van der Waals surface area contributed by atoms with Crippen LogP contribution in [0.15, 0.2) is 76.2 Å². The third kappa shape index (κ3) is 5.73. The molecule has 1 atom stereocenters. The summed E-state index contributed by atoms with van der Waals surface area (Å²) in [5.74, 6) is 1.08. The van der Waals surface area contributed by atoms with Gasteiger partial charge in [-0.3, -0.25) is 4.90 Å². The maximum absolute atomic E-state index is 13.2. The van der Waals surface area contributed by atoms with Crippen LogP contribution >= 0.6 is 0 Å². The Hall–Kier alpha value is -2.88. The summed E-state index contributed by atoms with van der Waals surface area (Å²) in [4.78, 5) is 4.59. The van der Waals surface area contributed by atoms with E-state index in [2.05, 4.69) is 14.5 Å². The number of ether oxygens (including phenoxy) is 1.